The molecule has 0 bridgehead atoms. The molecule has 0 saturated heterocycles. The Bertz CT molecular complexity index is 603. The van der Waals surface area contributed by atoms with Gasteiger partial charge in [0.05, 0.1) is 7.11 Å². The maximum absolute atomic E-state index is 12.2. The summed E-state index contributed by atoms with van der Waals surface area (Å²) in [4.78, 5) is 24.1. The Morgan fingerprint density at radius 3 is 2.90 bits per heavy atom. The van der Waals surface area contributed by atoms with Gasteiger partial charge in [-0.1, -0.05) is 12.1 Å². The molecular weight excluding hydrogens is 254 g/mol. The molecule has 1 atom stereocenters. The fourth-order valence-corrected chi connectivity index (χ4v) is 3.05. The van der Waals surface area contributed by atoms with Gasteiger partial charge >= 0.3 is 0 Å². The third kappa shape index (κ3) is 2.22. The minimum absolute atomic E-state index is 0.00808. The second-order valence-corrected chi connectivity index (χ2v) is 5.25. The fraction of sp³-hybridized carbons (Fsp3) is 0.375. The number of carbonyl (C=O) groups is 2. The third-order valence-corrected chi connectivity index (χ3v) is 3.98. The number of ether oxygens (including phenoxy) is 1. The molecule has 1 amide bonds. The molecule has 1 N–H and O–H groups in total. The van der Waals surface area contributed by atoms with Crippen molar-refractivity contribution < 1.29 is 14.3 Å². The topological polar surface area (TPSA) is 55.4 Å². The molecule has 2 aliphatic rings. The van der Waals surface area contributed by atoms with Gasteiger partial charge < -0.3 is 10.1 Å². The van der Waals surface area contributed by atoms with Crippen LogP contribution >= 0.6 is 0 Å². The zero-order valence-corrected chi connectivity index (χ0v) is 11.4. The van der Waals surface area contributed by atoms with Gasteiger partial charge in [-0.2, -0.15) is 0 Å². The lowest BCUT2D eigenvalue weighted by molar-refractivity contribution is -0.122. The standard InChI is InChI=1S/C16H17NO3/c1-20-11-5-2-4-10(8-11)12-9-15(19)17-13-6-3-7-14(18)16(12)13/h2,4-5,8,12H,3,6-7,9H2,1H3,(H,17,19)/t12-/m0/s1. The number of benzene rings is 1. The molecule has 0 saturated carbocycles. The number of nitrogens with one attached hydrogen (secondary N) is 1. The van der Waals surface area contributed by atoms with E-state index < -0.39 is 0 Å². The molecule has 1 aliphatic heterocycles. The van der Waals surface area contributed by atoms with Crippen LogP contribution in [0.3, 0.4) is 0 Å². The molecule has 4 nitrogen and oxygen atoms in total. The second kappa shape index (κ2) is 5.12. The van der Waals surface area contributed by atoms with E-state index in [1.54, 1.807) is 7.11 Å². The molecule has 0 fully saturated rings. The summed E-state index contributed by atoms with van der Waals surface area (Å²) in [5.41, 5.74) is 2.59. The summed E-state index contributed by atoms with van der Waals surface area (Å²) in [5.74, 6) is 0.769. The minimum atomic E-state index is -0.137. The van der Waals surface area contributed by atoms with Crippen molar-refractivity contribution in [2.45, 2.75) is 31.6 Å². The van der Waals surface area contributed by atoms with Gasteiger partial charge in [0.15, 0.2) is 5.78 Å². The van der Waals surface area contributed by atoms with Crippen molar-refractivity contribution >= 4 is 11.7 Å². The zero-order chi connectivity index (χ0) is 14.1. The predicted octanol–water partition coefficient (Wildman–Crippen LogP) is 2.31. The minimum Gasteiger partial charge on any atom is -0.497 e. The van der Waals surface area contributed by atoms with Crippen molar-refractivity contribution in [3.63, 3.8) is 0 Å². The number of allylic oxidation sites excluding steroid dienone is 2. The van der Waals surface area contributed by atoms with Crippen LogP contribution in [0.5, 0.6) is 5.75 Å². The van der Waals surface area contributed by atoms with Crippen LogP contribution in [-0.2, 0) is 9.59 Å². The smallest absolute Gasteiger partial charge is 0.225 e. The second-order valence-electron chi connectivity index (χ2n) is 5.25. The molecule has 20 heavy (non-hydrogen) atoms. The highest BCUT2D eigenvalue weighted by molar-refractivity contribution is 6.01. The molecule has 1 heterocycles. The molecule has 0 unspecified atom stereocenters. The highest BCUT2D eigenvalue weighted by Crippen LogP contribution is 2.38. The SMILES string of the molecule is COc1cccc([C@@H]2CC(=O)NC3=C2C(=O)CCC3)c1. The highest BCUT2D eigenvalue weighted by atomic mass is 16.5. The molecule has 1 aromatic carbocycles. The van der Waals surface area contributed by atoms with Crippen LogP contribution in [-0.4, -0.2) is 18.8 Å². The molecule has 1 aromatic rings. The zero-order valence-electron chi connectivity index (χ0n) is 11.4. The van der Waals surface area contributed by atoms with E-state index in [1.807, 2.05) is 24.3 Å². The molecule has 104 valence electrons. The van der Waals surface area contributed by atoms with Crippen LogP contribution in [0.2, 0.25) is 0 Å². The van der Waals surface area contributed by atoms with Crippen molar-refractivity contribution in [1.29, 1.82) is 0 Å². The number of ketones is 1. The maximum Gasteiger partial charge on any atom is 0.225 e. The van der Waals surface area contributed by atoms with Crippen LogP contribution in [0.4, 0.5) is 0 Å². The number of hydrogen-bond donors (Lipinski definition) is 1. The van der Waals surface area contributed by atoms with Crippen LogP contribution in [0.15, 0.2) is 35.5 Å². The lowest BCUT2D eigenvalue weighted by atomic mass is 9.78. The van der Waals surface area contributed by atoms with E-state index in [1.165, 1.54) is 0 Å². The maximum atomic E-state index is 12.2. The van der Waals surface area contributed by atoms with E-state index >= 15 is 0 Å². The first-order chi connectivity index (χ1) is 9.69. The number of carbonyl (C=O) groups excluding carboxylic acids is 2. The lowest BCUT2D eigenvalue weighted by Gasteiger charge is -2.31. The molecule has 1 aliphatic carbocycles. The van der Waals surface area contributed by atoms with E-state index in [4.69, 9.17) is 4.74 Å². The normalized spacial score (nSPS) is 22.4. The number of hydrogen-bond acceptors (Lipinski definition) is 3. The van der Waals surface area contributed by atoms with Gasteiger partial charge in [0, 0.05) is 30.0 Å². The average molecular weight is 271 g/mol. The predicted molar refractivity (Wildman–Crippen MR) is 74.4 cm³/mol. The monoisotopic (exact) mass is 271 g/mol. The Labute approximate surface area is 117 Å². The van der Waals surface area contributed by atoms with Gasteiger partial charge in [-0.25, -0.2) is 0 Å². The summed E-state index contributed by atoms with van der Waals surface area (Å²) in [5, 5.41) is 2.87. The van der Waals surface area contributed by atoms with Crippen LogP contribution in [0.25, 0.3) is 0 Å². The molecular formula is C16H17NO3. The highest BCUT2D eigenvalue weighted by Gasteiger charge is 2.34. The summed E-state index contributed by atoms with van der Waals surface area (Å²) in [6.07, 6.45) is 2.52. The fourth-order valence-electron chi connectivity index (χ4n) is 3.05. The van der Waals surface area contributed by atoms with Crippen molar-refractivity contribution in [2.24, 2.45) is 0 Å². The first-order valence-corrected chi connectivity index (χ1v) is 6.89. The van der Waals surface area contributed by atoms with E-state index in [2.05, 4.69) is 5.32 Å². The van der Waals surface area contributed by atoms with Gasteiger partial charge in [0.2, 0.25) is 5.91 Å². The Hall–Kier alpha value is -2.10. The summed E-state index contributed by atoms with van der Waals surface area (Å²) in [6.45, 7) is 0. The van der Waals surface area contributed by atoms with E-state index in [0.717, 1.165) is 35.4 Å². The summed E-state index contributed by atoms with van der Waals surface area (Å²) in [7, 11) is 1.61. The molecule has 3 rings (SSSR count). The Balaban J connectivity index is 2.05. The van der Waals surface area contributed by atoms with E-state index in [-0.39, 0.29) is 17.6 Å². The van der Waals surface area contributed by atoms with Crippen LogP contribution in [0.1, 0.15) is 37.2 Å². The quantitative estimate of drug-likeness (QED) is 0.898. The number of methoxy groups -OCH3 is 1. The molecule has 4 heteroatoms. The Morgan fingerprint density at radius 2 is 2.10 bits per heavy atom. The number of amides is 1. The first-order valence-electron chi connectivity index (χ1n) is 6.89. The van der Waals surface area contributed by atoms with Crippen molar-refractivity contribution in [2.75, 3.05) is 7.11 Å². The van der Waals surface area contributed by atoms with Gasteiger partial charge in [0.1, 0.15) is 5.75 Å². The van der Waals surface area contributed by atoms with Crippen LogP contribution < -0.4 is 10.1 Å². The van der Waals surface area contributed by atoms with Gasteiger partial charge in [-0.3, -0.25) is 9.59 Å². The van der Waals surface area contributed by atoms with Crippen molar-refractivity contribution in [1.82, 2.24) is 5.32 Å². The molecule has 0 aromatic heterocycles. The summed E-state index contributed by atoms with van der Waals surface area (Å²) >= 11 is 0. The molecule has 0 radical (unpaired) electrons. The van der Waals surface area contributed by atoms with Crippen molar-refractivity contribution in [3.05, 3.63) is 41.1 Å². The first kappa shape index (κ1) is 12.9. The summed E-state index contributed by atoms with van der Waals surface area (Å²) in [6, 6.07) is 7.63. The number of Topliss-reactive ketones (excluding diaryl/α,β-unsaturated/α-hetero) is 1. The Morgan fingerprint density at radius 1 is 1.25 bits per heavy atom. The van der Waals surface area contributed by atoms with Crippen molar-refractivity contribution in [3.8, 4) is 5.75 Å². The molecule has 0 spiro atoms. The summed E-state index contributed by atoms with van der Waals surface area (Å²) < 4.78 is 5.23. The number of rotatable bonds is 2. The third-order valence-electron chi connectivity index (χ3n) is 3.98. The van der Waals surface area contributed by atoms with Crippen LogP contribution in [0, 0.1) is 0 Å². The van der Waals surface area contributed by atoms with Gasteiger partial charge in [-0.05, 0) is 30.5 Å². The van der Waals surface area contributed by atoms with E-state index in [9.17, 15) is 9.59 Å². The largest absolute Gasteiger partial charge is 0.497 e. The lowest BCUT2D eigenvalue weighted by Crippen LogP contribution is -2.36. The average Bonchev–Trinajstić information content (AvgIpc) is 2.46. The Kier molecular flexibility index (Phi) is 3.30. The van der Waals surface area contributed by atoms with Gasteiger partial charge in [-0.15, -0.1) is 0 Å². The van der Waals surface area contributed by atoms with Gasteiger partial charge in [0.25, 0.3) is 0 Å². The van der Waals surface area contributed by atoms with E-state index in [0.29, 0.717) is 12.8 Å².